The van der Waals surface area contributed by atoms with Crippen molar-refractivity contribution in [3.63, 3.8) is 0 Å². The maximum Gasteiger partial charge on any atom is 0.310 e. The zero-order valence-electron chi connectivity index (χ0n) is 15.3. The van der Waals surface area contributed by atoms with Crippen molar-refractivity contribution in [2.24, 2.45) is 0 Å². The first-order valence-electron chi connectivity index (χ1n) is 8.06. The van der Waals surface area contributed by atoms with Gasteiger partial charge in [0.05, 0.1) is 31.9 Å². The fourth-order valence-corrected chi connectivity index (χ4v) is 5.53. The molecule has 0 spiro atoms. The summed E-state index contributed by atoms with van der Waals surface area (Å²) in [5.74, 6) is 0.404. The lowest BCUT2D eigenvalue weighted by molar-refractivity contribution is -0.467. The highest BCUT2D eigenvalue weighted by Crippen LogP contribution is 2.39. The van der Waals surface area contributed by atoms with Crippen LogP contribution in [0.2, 0.25) is 5.02 Å². The zero-order chi connectivity index (χ0) is 18.8. The number of hydrogen-bond donors (Lipinski definition) is 2. The number of benzene rings is 1. The molecule has 0 aromatic heterocycles. The van der Waals surface area contributed by atoms with E-state index in [0.29, 0.717) is 17.9 Å². The van der Waals surface area contributed by atoms with Crippen LogP contribution < -0.4 is 21.7 Å². The Bertz CT molecular complexity index is 785. The SMILES string of the molecule is CCCCNS(=O)(=O)c1cc(C2(O)CSC(=[N+](C)C)N2C)ccc1Cl.[Br-]. The summed E-state index contributed by atoms with van der Waals surface area (Å²) >= 11 is 7.64. The Morgan fingerprint density at radius 1 is 1.42 bits per heavy atom. The van der Waals surface area contributed by atoms with E-state index in [-0.39, 0.29) is 26.9 Å². The van der Waals surface area contributed by atoms with Gasteiger partial charge in [0.25, 0.3) is 0 Å². The number of aliphatic hydroxyl groups is 1. The molecule has 0 bridgehead atoms. The molecule has 1 unspecified atom stereocenters. The lowest BCUT2D eigenvalue weighted by atomic mass is 10.0. The van der Waals surface area contributed by atoms with E-state index < -0.39 is 15.7 Å². The van der Waals surface area contributed by atoms with E-state index in [9.17, 15) is 13.5 Å². The largest absolute Gasteiger partial charge is 1.00 e. The van der Waals surface area contributed by atoms with Gasteiger partial charge in [-0.05, 0) is 30.3 Å². The molecule has 1 aromatic carbocycles. The van der Waals surface area contributed by atoms with Crippen molar-refractivity contribution >= 4 is 38.6 Å². The Morgan fingerprint density at radius 2 is 2.08 bits per heavy atom. The van der Waals surface area contributed by atoms with Gasteiger partial charge in [0, 0.05) is 12.1 Å². The molecule has 6 nitrogen and oxygen atoms in total. The Kier molecular flexibility index (Phi) is 8.44. The molecule has 0 aliphatic carbocycles. The second-order valence-electron chi connectivity index (χ2n) is 6.24. The molecule has 1 aliphatic heterocycles. The summed E-state index contributed by atoms with van der Waals surface area (Å²) in [4.78, 5) is 1.75. The van der Waals surface area contributed by atoms with E-state index in [1.807, 2.05) is 25.6 Å². The summed E-state index contributed by atoms with van der Waals surface area (Å²) in [5, 5.41) is 12.2. The third kappa shape index (κ3) is 4.74. The summed E-state index contributed by atoms with van der Waals surface area (Å²) in [6.07, 6.45) is 1.64. The molecule has 0 radical (unpaired) electrons. The van der Waals surface area contributed by atoms with Crippen LogP contribution in [0.5, 0.6) is 0 Å². The van der Waals surface area contributed by atoms with Crippen LogP contribution in [0.15, 0.2) is 23.1 Å². The van der Waals surface area contributed by atoms with E-state index >= 15 is 0 Å². The molecular weight excluding hydrogens is 462 g/mol. The van der Waals surface area contributed by atoms with Gasteiger partial charge in [-0.15, -0.1) is 0 Å². The number of halogens is 2. The summed E-state index contributed by atoms with van der Waals surface area (Å²) in [6, 6.07) is 4.66. The summed E-state index contributed by atoms with van der Waals surface area (Å²) in [7, 11) is 1.87. The van der Waals surface area contributed by atoms with Gasteiger partial charge in [-0.1, -0.05) is 31.0 Å². The molecule has 0 amide bonds. The number of thioether (sulfide) groups is 1. The van der Waals surface area contributed by atoms with E-state index in [0.717, 1.165) is 18.0 Å². The van der Waals surface area contributed by atoms with Crippen molar-refractivity contribution in [2.45, 2.75) is 30.4 Å². The molecule has 2 N–H and O–H groups in total. The number of rotatable bonds is 6. The van der Waals surface area contributed by atoms with Crippen LogP contribution in [0, 0.1) is 0 Å². The molecular formula is C16H25BrClN3O3S2. The molecule has 0 saturated carbocycles. The maximum atomic E-state index is 12.5. The lowest BCUT2D eigenvalue weighted by Crippen LogP contribution is -3.00. The fourth-order valence-electron chi connectivity index (χ4n) is 2.64. The Morgan fingerprint density at radius 3 is 2.62 bits per heavy atom. The molecule has 26 heavy (non-hydrogen) atoms. The Balaban J connectivity index is 0.00000338. The predicted molar refractivity (Wildman–Crippen MR) is 103 cm³/mol. The van der Waals surface area contributed by atoms with Crippen LogP contribution >= 0.6 is 23.4 Å². The molecule has 10 heteroatoms. The van der Waals surface area contributed by atoms with Gasteiger partial charge in [0.15, 0.2) is 0 Å². The molecule has 1 saturated heterocycles. The molecule has 2 rings (SSSR count). The zero-order valence-corrected chi connectivity index (χ0v) is 19.3. The quantitative estimate of drug-likeness (QED) is 0.393. The normalized spacial score (nSPS) is 20.2. The van der Waals surface area contributed by atoms with Crippen molar-refractivity contribution in [3.8, 4) is 0 Å². The van der Waals surface area contributed by atoms with Gasteiger partial charge in [0.2, 0.25) is 15.7 Å². The van der Waals surface area contributed by atoms with E-state index in [1.165, 1.54) is 23.9 Å². The van der Waals surface area contributed by atoms with Crippen molar-refractivity contribution in [1.29, 1.82) is 0 Å². The minimum atomic E-state index is -3.72. The minimum Gasteiger partial charge on any atom is -1.00 e. The molecule has 1 atom stereocenters. The van der Waals surface area contributed by atoms with Gasteiger partial charge in [0.1, 0.15) is 4.90 Å². The standard InChI is InChI=1S/C16H25ClN3O3S2.BrH/c1-5-6-9-18-25(22,23)14-10-12(7-8-13(14)17)16(21)11-24-15(19(2)3)20(16)4;/h7-8,10,18,21H,5-6,9,11H2,1-4H3;1H/q+1;/p-1. The molecule has 1 aliphatic rings. The van der Waals surface area contributed by atoms with Crippen LogP contribution in [-0.2, 0) is 15.7 Å². The highest BCUT2D eigenvalue weighted by molar-refractivity contribution is 8.13. The maximum absolute atomic E-state index is 12.5. The monoisotopic (exact) mass is 485 g/mol. The predicted octanol–water partition coefficient (Wildman–Crippen LogP) is -1.13. The van der Waals surface area contributed by atoms with Gasteiger partial charge in [-0.2, -0.15) is 0 Å². The van der Waals surface area contributed by atoms with Crippen molar-refractivity contribution in [2.75, 3.05) is 33.4 Å². The van der Waals surface area contributed by atoms with Crippen LogP contribution in [0.4, 0.5) is 0 Å². The molecule has 1 aromatic rings. The Labute approximate surface area is 175 Å². The van der Waals surface area contributed by atoms with Gasteiger partial charge >= 0.3 is 5.17 Å². The second kappa shape index (κ2) is 9.25. The number of nitrogens with one attached hydrogen (secondary N) is 1. The topological polar surface area (TPSA) is 72.7 Å². The van der Waals surface area contributed by atoms with Gasteiger partial charge < -0.3 is 22.1 Å². The summed E-state index contributed by atoms with van der Waals surface area (Å²) < 4.78 is 29.6. The van der Waals surface area contributed by atoms with Crippen molar-refractivity contribution in [3.05, 3.63) is 28.8 Å². The molecule has 148 valence electrons. The van der Waals surface area contributed by atoms with Crippen LogP contribution in [0.1, 0.15) is 25.3 Å². The van der Waals surface area contributed by atoms with Gasteiger partial charge in [-0.3, -0.25) is 4.58 Å². The van der Waals surface area contributed by atoms with Gasteiger partial charge in [-0.25, -0.2) is 18.0 Å². The minimum absolute atomic E-state index is 0. The van der Waals surface area contributed by atoms with Crippen molar-refractivity contribution in [1.82, 2.24) is 9.62 Å². The summed E-state index contributed by atoms with van der Waals surface area (Å²) in [5.41, 5.74) is -0.789. The number of amidine groups is 1. The molecule has 1 heterocycles. The first-order valence-corrected chi connectivity index (χ1v) is 10.9. The van der Waals surface area contributed by atoms with E-state index in [4.69, 9.17) is 11.6 Å². The average Bonchev–Trinajstić information content (AvgIpc) is 2.84. The first-order chi connectivity index (χ1) is 11.6. The van der Waals surface area contributed by atoms with Crippen LogP contribution in [-0.4, -0.2) is 61.6 Å². The third-order valence-corrected chi connectivity index (χ3v) is 7.52. The highest BCUT2D eigenvalue weighted by atomic mass is 79.9. The average molecular weight is 487 g/mol. The van der Waals surface area contributed by atoms with Crippen molar-refractivity contribution < 1.29 is 35.1 Å². The third-order valence-electron chi connectivity index (χ3n) is 4.13. The lowest BCUT2D eigenvalue weighted by Gasteiger charge is -2.26. The van der Waals surface area contributed by atoms with Crippen LogP contribution in [0.25, 0.3) is 0 Å². The first kappa shape index (κ1) is 23.7. The Hall–Kier alpha value is -0.320. The van der Waals surface area contributed by atoms with E-state index in [1.54, 1.807) is 18.0 Å². The highest BCUT2D eigenvalue weighted by Gasteiger charge is 2.49. The number of unbranched alkanes of at least 4 members (excludes halogenated alkanes) is 1. The number of nitrogens with zero attached hydrogens (tertiary/aromatic N) is 2. The van der Waals surface area contributed by atoms with Crippen LogP contribution in [0.3, 0.4) is 0 Å². The second-order valence-corrected chi connectivity index (χ2v) is 9.32. The molecule has 1 fully saturated rings. The fraction of sp³-hybridized carbons (Fsp3) is 0.562. The number of sulfonamides is 1. The number of hydrogen-bond acceptors (Lipinski definition) is 4. The van der Waals surface area contributed by atoms with E-state index in [2.05, 4.69) is 4.72 Å². The smallest absolute Gasteiger partial charge is 0.310 e. The summed E-state index contributed by atoms with van der Waals surface area (Å²) in [6.45, 7) is 2.35.